The Kier molecular flexibility index (Phi) is 7.42. The first-order valence-corrected chi connectivity index (χ1v) is 10.7. The number of ether oxygens (including phenoxy) is 1. The van der Waals surface area contributed by atoms with E-state index in [0.717, 1.165) is 6.07 Å². The van der Waals surface area contributed by atoms with Crippen molar-refractivity contribution in [2.75, 3.05) is 13.3 Å². The second-order valence-corrected chi connectivity index (χ2v) is 8.93. The third kappa shape index (κ3) is 6.44. The smallest absolute Gasteiger partial charge is 0.360 e. The lowest BCUT2D eigenvalue weighted by molar-refractivity contribution is -0.137. The highest BCUT2D eigenvalue weighted by molar-refractivity contribution is 5.86. The second kappa shape index (κ2) is 9.88. The largest absolute Gasteiger partial charge is 0.416 e. The molecule has 0 N–H and O–H groups in total. The topological polar surface area (TPSA) is 12.5 Å². The molecule has 0 fully saturated rings. The number of rotatable bonds is 7. The third-order valence-corrected chi connectivity index (χ3v) is 5.35. The van der Waals surface area contributed by atoms with Gasteiger partial charge in [-0.3, -0.25) is 4.90 Å². The van der Waals surface area contributed by atoms with Gasteiger partial charge in [0.2, 0.25) is 0 Å². The van der Waals surface area contributed by atoms with Gasteiger partial charge in [-0.15, -0.1) is 0 Å². The van der Waals surface area contributed by atoms with Crippen LogP contribution >= 0.6 is 0 Å². The van der Waals surface area contributed by atoms with Crippen molar-refractivity contribution in [3.63, 3.8) is 0 Å². The molecule has 3 aromatic rings. The van der Waals surface area contributed by atoms with E-state index in [2.05, 4.69) is 42.2 Å². The molecule has 0 aliphatic carbocycles. The van der Waals surface area contributed by atoms with Gasteiger partial charge in [-0.2, -0.15) is 13.2 Å². The molecule has 1 atom stereocenters. The summed E-state index contributed by atoms with van der Waals surface area (Å²) >= 11 is 0. The quantitative estimate of drug-likeness (QED) is 0.348. The fourth-order valence-corrected chi connectivity index (χ4v) is 3.55. The van der Waals surface area contributed by atoms with Crippen molar-refractivity contribution >= 4 is 16.8 Å². The van der Waals surface area contributed by atoms with Crippen molar-refractivity contribution in [1.82, 2.24) is 4.90 Å². The Labute approximate surface area is 188 Å². The second-order valence-electron chi connectivity index (χ2n) is 8.93. The number of benzene rings is 3. The van der Waals surface area contributed by atoms with E-state index in [1.54, 1.807) is 12.1 Å². The van der Waals surface area contributed by atoms with Crippen molar-refractivity contribution < 1.29 is 17.9 Å². The lowest BCUT2D eigenvalue weighted by Crippen LogP contribution is -2.34. The van der Waals surface area contributed by atoms with Crippen LogP contribution in [-0.4, -0.2) is 23.8 Å². The van der Waals surface area contributed by atoms with E-state index in [1.807, 2.05) is 39.0 Å². The van der Waals surface area contributed by atoms with Gasteiger partial charge in [0, 0.05) is 12.6 Å². The molecule has 32 heavy (non-hydrogen) atoms. The Hall–Kier alpha value is -2.63. The van der Waals surface area contributed by atoms with Gasteiger partial charge < -0.3 is 4.74 Å². The molecule has 0 aliphatic rings. The Bertz CT molecular complexity index is 1060. The van der Waals surface area contributed by atoms with Crippen LogP contribution < -0.4 is 0 Å². The molecule has 1 unspecified atom stereocenters. The summed E-state index contributed by atoms with van der Waals surface area (Å²) in [6.07, 6.45) is -0.725. The molecule has 2 nitrogen and oxygen atoms in total. The molecule has 3 rings (SSSR count). The molecular formula is C27H30F3NO. The van der Waals surface area contributed by atoms with Gasteiger partial charge in [0.25, 0.3) is 0 Å². The first-order valence-electron chi connectivity index (χ1n) is 10.7. The number of fused-ring (bicyclic) bond motifs is 1. The normalized spacial score (nSPS) is 13.9. The molecule has 0 bridgehead atoms. The zero-order valence-corrected chi connectivity index (χ0v) is 19.0. The van der Waals surface area contributed by atoms with Gasteiger partial charge in [-0.05, 0) is 61.7 Å². The Morgan fingerprint density at radius 1 is 0.938 bits per heavy atom. The number of alkyl halides is 3. The van der Waals surface area contributed by atoms with Crippen LogP contribution in [0, 0.1) is 0 Å². The Balaban J connectivity index is 1.83. The van der Waals surface area contributed by atoms with Gasteiger partial charge >= 0.3 is 6.18 Å². The Morgan fingerprint density at radius 2 is 1.62 bits per heavy atom. The molecule has 0 heterocycles. The summed E-state index contributed by atoms with van der Waals surface area (Å²) in [5, 5.41) is 2.36. The summed E-state index contributed by atoms with van der Waals surface area (Å²) in [7, 11) is 0. The van der Waals surface area contributed by atoms with E-state index in [-0.39, 0.29) is 11.6 Å². The van der Waals surface area contributed by atoms with Crippen LogP contribution in [-0.2, 0) is 10.9 Å². The standard InChI is InChI=1S/C27H30F3NO/c1-20(24-16-8-13-22-12-5-6-15-25(22)24)31(19-32-26(2,3)4)17-9-11-21-10-7-14-23(18-21)27(28,29)30/h5-16,18,20H,17,19H2,1-4H3. The molecule has 0 saturated heterocycles. The average molecular weight is 442 g/mol. The Morgan fingerprint density at radius 3 is 2.34 bits per heavy atom. The van der Waals surface area contributed by atoms with E-state index in [1.165, 1.54) is 28.5 Å². The highest BCUT2D eigenvalue weighted by atomic mass is 19.4. The first-order chi connectivity index (χ1) is 15.0. The summed E-state index contributed by atoms with van der Waals surface area (Å²) in [4.78, 5) is 2.18. The molecule has 5 heteroatoms. The van der Waals surface area contributed by atoms with Crippen molar-refractivity contribution in [2.45, 2.75) is 45.5 Å². The van der Waals surface area contributed by atoms with E-state index >= 15 is 0 Å². The van der Waals surface area contributed by atoms with Crippen molar-refractivity contribution in [1.29, 1.82) is 0 Å². The number of nitrogens with zero attached hydrogens (tertiary/aromatic N) is 1. The SMILES string of the molecule is CC(c1cccc2ccccc12)N(CC=Cc1cccc(C(F)(F)F)c1)COC(C)(C)C. The van der Waals surface area contributed by atoms with Crippen LogP contribution in [0.4, 0.5) is 13.2 Å². The van der Waals surface area contributed by atoms with Crippen LogP contribution in [0.15, 0.2) is 72.8 Å². The molecule has 0 spiro atoms. The van der Waals surface area contributed by atoms with Crippen LogP contribution in [0.2, 0.25) is 0 Å². The maximum Gasteiger partial charge on any atom is 0.416 e. The molecule has 3 aromatic carbocycles. The highest BCUT2D eigenvalue weighted by Crippen LogP contribution is 2.30. The fraction of sp³-hybridized carbons (Fsp3) is 0.333. The van der Waals surface area contributed by atoms with E-state index in [0.29, 0.717) is 18.8 Å². The fourth-order valence-electron chi connectivity index (χ4n) is 3.55. The molecule has 170 valence electrons. The minimum Gasteiger partial charge on any atom is -0.360 e. The summed E-state index contributed by atoms with van der Waals surface area (Å²) in [5.74, 6) is 0. The van der Waals surface area contributed by atoms with Crippen LogP contribution in [0.1, 0.15) is 50.4 Å². The van der Waals surface area contributed by atoms with Gasteiger partial charge in [-0.1, -0.05) is 66.7 Å². The van der Waals surface area contributed by atoms with E-state index < -0.39 is 11.7 Å². The molecule has 0 aromatic heterocycles. The van der Waals surface area contributed by atoms with Crippen molar-refractivity contribution in [3.05, 3.63) is 89.5 Å². The summed E-state index contributed by atoms with van der Waals surface area (Å²) in [6, 6.07) is 19.9. The van der Waals surface area contributed by atoms with E-state index in [4.69, 9.17) is 4.74 Å². The minimum absolute atomic E-state index is 0.0506. The van der Waals surface area contributed by atoms with Crippen molar-refractivity contribution in [2.24, 2.45) is 0 Å². The van der Waals surface area contributed by atoms with Gasteiger partial charge in [0.05, 0.1) is 11.2 Å². The molecule has 0 aliphatic heterocycles. The van der Waals surface area contributed by atoms with Crippen LogP contribution in [0.5, 0.6) is 0 Å². The minimum atomic E-state index is -4.35. The van der Waals surface area contributed by atoms with Crippen molar-refractivity contribution in [3.8, 4) is 0 Å². The highest BCUT2D eigenvalue weighted by Gasteiger charge is 2.30. The molecule has 0 amide bonds. The molecule has 0 saturated carbocycles. The van der Waals surface area contributed by atoms with Crippen LogP contribution in [0.25, 0.3) is 16.8 Å². The summed E-state index contributed by atoms with van der Waals surface area (Å²) in [6.45, 7) is 9.09. The zero-order chi connectivity index (χ0) is 23.4. The van der Waals surface area contributed by atoms with E-state index in [9.17, 15) is 13.2 Å². The zero-order valence-electron chi connectivity index (χ0n) is 19.0. The number of hydrogen-bond donors (Lipinski definition) is 0. The maximum atomic E-state index is 13.0. The third-order valence-electron chi connectivity index (χ3n) is 5.35. The molecule has 0 radical (unpaired) electrons. The van der Waals surface area contributed by atoms with Gasteiger partial charge in [0.15, 0.2) is 0 Å². The number of halogens is 3. The summed E-state index contributed by atoms with van der Waals surface area (Å²) < 4.78 is 45.1. The predicted molar refractivity (Wildman–Crippen MR) is 125 cm³/mol. The first kappa shape index (κ1) is 24.0. The monoisotopic (exact) mass is 441 g/mol. The molecular weight excluding hydrogens is 411 g/mol. The lowest BCUT2D eigenvalue weighted by Gasteiger charge is -2.32. The average Bonchev–Trinajstić information content (AvgIpc) is 2.74. The maximum absolute atomic E-state index is 13.0. The van der Waals surface area contributed by atoms with Gasteiger partial charge in [-0.25, -0.2) is 0 Å². The number of hydrogen-bond acceptors (Lipinski definition) is 2. The van der Waals surface area contributed by atoms with Crippen LogP contribution in [0.3, 0.4) is 0 Å². The predicted octanol–water partition coefficient (Wildman–Crippen LogP) is 7.71. The lowest BCUT2D eigenvalue weighted by atomic mass is 9.99. The van der Waals surface area contributed by atoms with Gasteiger partial charge in [0.1, 0.15) is 6.73 Å². The summed E-state index contributed by atoms with van der Waals surface area (Å²) in [5.41, 5.74) is 0.765.